The monoisotopic (exact) mass is 418 g/mol. The van der Waals surface area contributed by atoms with Crippen LogP contribution >= 0.6 is 11.6 Å². The van der Waals surface area contributed by atoms with Gasteiger partial charge in [0.15, 0.2) is 11.5 Å². The van der Waals surface area contributed by atoms with Crippen molar-refractivity contribution in [2.24, 2.45) is 0 Å². The van der Waals surface area contributed by atoms with Gasteiger partial charge in [0.2, 0.25) is 6.10 Å². The van der Waals surface area contributed by atoms with Crippen LogP contribution in [0.3, 0.4) is 0 Å². The molecule has 0 aliphatic carbocycles. The van der Waals surface area contributed by atoms with Gasteiger partial charge in [0, 0.05) is 19.0 Å². The Kier molecular flexibility index (Phi) is 6.56. The molecule has 9 heteroatoms. The molecule has 2 N–H and O–H groups in total. The molecule has 0 bridgehead atoms. The third-order valence-electron chi connectivity index (χ3n) is 4.07. The average Bonchev–Trinajstić information content (AvgIpc) is 2.98. The highest BCUT2D eigenvalue weighted by Crippen LogP contribution is 2.38. The highest BCUT2D eigenvalue weighted by atomic mass is 35.5. The lowest BCUT2D eigenvalue weighted by atomic mass is 10.1. The molecule has 1 atom stereocenters. The van der Waals surface area contributed by atoms with Crippen molar-refractivity contribution in [2.75, 3.05) is 20.3 Å². The molecule has 3 amide bonds. The Morgan fingerprint density at radius 3 is 2.55 bits per heavy atom. The smallest absolute Gasteiger partial charge is 0.339 e. The van der Waals surface area contributed by atoms with Crippen LogP contribution in [0.5, 0.6) is 11.5 Å². The van der Waals surface area contributed by atoms with E-state index in [1.54, 1.807) is 30.3 Å². The van der Waals surface area contributed by atoms with E-state index in [0.717, 1.165) is 0 Å². The molecule has 0 fully saturated rings. The number of nitrogens with one attached hydrogen (secondary N) is 2. The van der Waals surface area contributed by atoms with Crippen molar-refractivity contribution in [3.8, 4) is 11.5 Å². The first-order valence-corrected chi connectivity index (χ1v) is 9.25. The van der Waals surface area contributed by atoms with Crippen LogP contribution in [0.2, 0.25) is 5.02 Å². The summed E-state index contributed by atoms with van der Waals surface area (Å²) in [4.78, 5) is 36.8. The van der Waals surface area contributed by atoms with E-state index < -0.39 is 24.0 Å². The fourth-order valence-electron chi connectivity index (χ4n) is 2.66. The molecule has 1 aliphatic rings. The maximum absolute atomic E-state index is 12.8. The second-order valence-corrected chi connectivity index (χ2v) is 6.51. The quantitative estimate of drug-likeness (QED) is 0.740. The number of carbonyl (C=O) groups is 3. The van der Waals surface area contributed by atoms with Gasteiger partial charge in [0.05, 0.1) is 23.8 Å². The van der Waals surface area contributed by atoms with Gasteiger partial charge in [-0.25, -0.2) is 9.59 Å². The van der Waals surface area contributed by atoms with Gasteiger partial charge in [0.25, 0.3) is 5.91 Å². The summed E-state index contributed by atoms with van der Waals surface area (Å²) in [6.07, 6.45) is -0.656. The fourth-order valence-corrected chi connectivity index (χ4v) is 2.93. The summed E-state index contributed by atoms with van der Waals surface area (Å²) in [5, 5.41) is 4.59. The van der Waals surface area contributed by atoms with E-state index in [1.807, 2.05) is 0 Å². The van der Waals surface area contributed by atoms with E-state index >= 15 is 0 Å². The van der Waals surface area contributed by atoms with Crippen LogP contribution in [0.15, 0.2) is 42.5 Å². The summed E-state index contributed by atoms with van der Waals surface area (Å²) in [6.45, 7) is 0.870. The van der Waals surface area contributed by atoms with Crippen LogP contribution in [0.4, 0.5) is 4.79 Å². The van der Waals surface area contributed by atoms with Gasteiger partial charge < -0.3 is 19.5 Å². The molecule has 1 unspecified atom stereocenters. The molecule has 29 heavy (non-hydrogen) atoms. The van der Waals surface area contributed by atoms with Gasteiger partial charge in [-0.15, -0.1) is 0 Å². The largest absolute Gasteiger partial charge is 0.489 e. The molecular formula is C20H19ClN2O6. The zero-order chi connectivity index (χ0) is 20.8. The summed E-state index contributed by atoms with van der Waals surface area (Å²) < 4.78 is 16.5. The van der Waals surface area contributed by atoms with Gasteiger partial charge in [-0.05, 0) is 12.1 Å². The predicted molar refractivity (Wildman–Crippen MR) is 104 cm³/mol. The first-order chi connectivity index (χ1) is 14.0. The zero-order valence-electron chi connectivity index (χ0n) is 15.6. The normalized spacial score (nSPS) is 13.6. The van der Waals surface area contributed by atoms with Crippen LogP contribution < -0.4 is 20.1 Å². The van der Waals surface area contributed by atoms with E-state index in [9.17, 15) is 14.4 Å². The number of carbonyl (C=O) groups excluding carboxylic acids is 3. The van der Waals surface area contributed by atoms with Crippen molar-refractivity contribution >= 4 is 29.5 Å². The van der Waals surface area contributed by atoms with E-state index in [4.69, 9.17) is 25.8 Å². The van der Waals surface area contributed by atoms with E-state index in [-0.39, 0.29) is 10.6 Å². The van der Waals surface area contributed by atoms with E-state index in [2.05, 4.69) is 10.6 Å². The van der Waals surface area contributed by atoms with Gasteiger partial charge in [-0.3, -0.25) is 10.1 Å². The molecule has 2 aromatic carbocycles. The van der Waals surface area contributed by atoms with Crippen LogP contribution in [0, 0.1) is 0 Å². The van der Waals surface area contributed by atoms with Gasteiger partial charge in [-0.2, -0.15) is 0 Å². The lowest BCUT2D eigenvalue weighted by Gasteiger charge is -2.18. The molecule has 0 aromatic heterocycles. The third-order valence-corrected chi connectivity index (χ3v) is 4.35. The number of urea groups is 1. The van der Waals surface area contributed by atoms with Gasteiger partial charge in [0.1, 0.15) is 0 Å². The number of amides is 3. The first-order valence-electron chi connectivity index (χ1n) is 8.87. The summed E-state index contributed by atoms with van der Waals surface area (Å²) in [5.41, 5.74) is 0.496. The summed E-state index contributed by atoms with van der Waals surface area (Å²) in [7, 11) is 1.37. The van der Waals surface area contributed by atoms with Crippen molar-refractivity contribution in [1.82, 2.24) is 10.6 Å². The molecule has 0 saturated carbocycles. The van der Waals surface area contributed by atoms with Crippen LogP contribution in [-0.4, -0.2) is 38.2 Å². The topological polar surface area (TPSA) is 103 Å². The predicted octanol–water partition coefficient (Wildman–Crippen LogP) is 2.86. The number of hydrogen-bond acceptors (Lipinski definition) is 6. The Balaban J connectivity index is 1.86. The molecule has 0 radical (unpaired) electrons. The Labute approximate surface area is 172 Å². The SMILES string of the molecule is CNC(=O)NC(=O)C(OC(=O)c1cc(Cl)c2c(c1)OCCCO2)c1ccccc1. The number of hydrogen-bond donors (Lipinski definition) is 2. The summed E-state index contributed by atoms with van der Waals surface area (Å²) in [5.74, 6) is -0.904. The van der Waals surface area contributed by atoms with Gasteiger partial charge >= 0.3 is 12.0 Å². The second-order valence-electron chi connectivity index (χ2n) is 6.10. The minimum absolute atomic E-state index is 0.0907. The Morgan fingerprint density at radius 2 is 1.83 bits per heavy atom. The number of imide groups is 1. The van der Waals surface area contributed by atoms with Crippen molar-refractivity contribution in [3.63, 3.8) is 0 Å². The highest BCUT2D eigenvalue weighted by Gasteiger charge is 2.28. The first kappa shape index (κ1) is 20.5. The molecule has 8 nitrogen and oxygen atoms in total. The maximum Gasteiger partial charge on any atom is 0.339 e. The van der Waals surface area contributed by atoms with Crippen molar-refractivity contribution in [3.05, 3.63) is 58.6 Å². The van der Waals surface area contributed by atoms with Crippen molar-refractivity contribution in [1.29, 1.82) is 0 Å². The Morgan fingerprint density at radius 1 is 1.10 bits per heavy atom. The van der Waals surface area contributed by atoms with Crippen molar-refractivity contribution < 1.29 is 28.6 Å². The molecule has 0 saturated heterocycles. The zero-order valence-corrected chi connectivity index (χ0v) is 16.3. The van der Waals surface area contributed by atoms with Crippen molar-refractivity contribution in [2.45, 2.75) is 12.5 Å². The van der Waals surface area contributed by atoms with Crippen LogP contribution in [0.1, 0.15) is 28.4 Å². The van der Waals surface area contributed by atoms with E-state index in [1.165, 1.54) is 19.2 Å². The molecular weight excluding hydrogens is 400 g/mol. The second kappa shape index (κ2) is 9.29. The number of rotatable bonds is 4. The van der Waals surface area contributed by atoms with E-state index in [0.29, 0.717) is 36.7 Å². The van der Waals surface area contributed by atoms with Gasteiger partial charge in [-0.1, -0.05) is 41.9 Å². The van der Waals surface area contributed by atoms with Crippen LogP contribution in [0.25, 0.3) is 0 Å². The molecule has 152 valence electrons. The fraction of sp³-hybridized carbons (Fsp3) is 0.250. The lowest BCUT2D eigenvalue weighted by molar-refractivity contribution is -0.129. The minimum Gasteiger partial charge on any atom is -0.489 e. The molecule has 3 rings (SSSR count). The lowest BCUT2D eigenvalue weighted by Crippen LogP contribution is -2.41. The number of halogens is 1. The maximum atomic E-state index is 12.8. The number of esters is 1. The minimum atomic E-state index is -1.34. The highest BCUT2D eigenvalue weighted by molar-refractivity contribution is 6.32. The Bertz CT molecular complexity index is 919. The molecule has 1 aliphatic heterocycles. The standard InChI is InChI=1S/C20H19ClN2O6/c1-22-20(26)23-18(24)16(12-6-3-2-4-7-12)29-19(25)13-10-14(21)17-15(11-13)27-8-5-9-28-17/h2-4,6-7,10-11,16H,5,8-9H2,1H3,(H2,22,23,24,26). The number of benzene rings is 2. The molecule has 0 spiro atoms. The third kappa shape index (κ3) is 4.97. The number of ether oxygens (including phenoxy) is 3. The molecule has 2 aromatic rings. The summed E-state index contributed by atoms with van der Waals surface area (Å²) in [6, 6.07) is 10.5. The average molecular weight is 419 g/mol. The Hall–Kier alpha value is -3.26. The number of fused-ring (bicyclic) bond motifs is 1. The van der Waals surface area contributed by atoms with Crippen LogP contribution in [-0.2, 0) is 9.53 Å². The molecule has 1 heterocycles. The summed E-state index contributed by atoms with van der Waals surface area (Å²) >= 11 is 6.22.